The molecule has 2 aromatic rings. The number of amides is 1. The van der Waals surface area contributed by atoms with Gasteiger partial charge in [0.2, 0.25) is 5.95 Å². The number of rotatable bonds is 4. The van der Waals surface area contributed by atoms with E-state index in [0.29, 0.717) is 0 Å². The Morgan fingerprint density at radius 3 is 2.79 bits per heavy atom. The first-order valence-corrected chi connectivity index (χ1v) is 5.67. The molecule has 0 radical (unpaired) electrons. The van der Waals surface area contributed by atoms with Gasteiger partial charge >= 0.3 is 0 Å². The first-order chi connectivity index (χ1) is 9.15. The van der Waals surface area contributed by atoms with Gasteiger partial charge in [-0.3, -0.25) is 10.1 Å². The van der Waals surface area contributed by atoms with Crippen molar-refractivity contribution in [2.75, 3.05) is 11.9 Å². The Morgan fingerprint density at radius 2 is 2.11 bits per heavy atom. The minimum absolute atomic E-state index is 0.101. The van der Waals surface area contributed by atoms with Gasteiger partial charge in [0.25, 0.3) is 5.91 Å². The third-order valence-electron chi connectivity index (χ3n) is 2.07. The molecule has 0 bridgehead atoms. The molecule has 0 saturated heterocycles. The van der Waals surface area contributed by atoms with Crippen LogP contribution in [0.2, 0.25) is 5.02 Å². The van der Waals surface area contributed by atoms with Crippen molar-refractivity contribution in [2.24, 2.45) is 0 Å². The summed E-state index contributed by atoms with van der Waals surface area (Å²) in [5.74, 6) is -0.500. The van der Waals surface area contributed by atoms with Gasteiger partial charge in [-0.25, -0.2) is 14.4 Å². The normalized spacial score (nSPS) is 10.0. The zero-order chi connectivity index (χ0) is 13.7. The zero-order valence-electron chi connectivity index (χ0n) is 9.64. The number of ether oxygens (including phenoxy) is 1. The predicted molar refractivity (Wildman–Crippen MR) is 67.6 cm³/mol. The fourth-order valence-corrected chi connectivity index (χ4v) is 1.48. The summed E-state index contributed by atoms with van der Waals surface area (Å²) < 4.78 is 18.0. The number of halogens is 2. The minimum Gasteiger partial charge on any atom is -0.482 e. The summed E-state index contributed by atoms with van der Waals surface area (Å²) in [6.45, 7) is -0.274. The molecule has 1 heterocycles. The Hall–Kier alpha value is -2.21. The fraction of sp³-hybridized carbons (Fsp3) is 0.0833. The standard InChI is InChI=1S/C12H9ClFN3O2/c13-9-6-8(14)2-3-10(9)19-7-11(18)17-12-15-4-1-5-16-12/h1-6H,7H2,(H,15,16,17,18). The third kappa shape index (κ3) is 3.89. The molecule has 1 aromatic carbocycles. The highest BCUT2D eigenvalue weighted by atomic mass is 35.5. The quantitative estimate of drug-likeness (QED) is 0.934. The van der Waals surface area contributed by atoms with E-state index in [4.69, 9.17) is 16.3 Å². The SMILES string of the molecule is O=C(COc1ccc(F)cc1Cl)Nc1ncccn1. The minimum atomic E-state index is -0.473. The van der Waals surface area contributed by atoms with Crippen LogP contribution < -0.4 is 10.1 Å². The number of aromatic nitrogens is 2. The molecular weight excluding hydrogens is 273 g/mol. The van der Waals surface area contributed by atoms with Crippen LogP contribution in [0.3, 0.4) is 0 Å². The van der Waals surface area contributed by atoms with Gasteiger partial charge in [-0.05, 0) is 24.3 Å². The van der Waals surface area contributed by atoms with Gasteiger partial charge in [-0.1, -0.05) is 11.6 Å². The first-order valence-electron chi connectivity index (χ1n) is 5.30. The van der Waals surface area contributed by atoms with Crippen molar-refractivity contribution >= 4 is 23.5 Å². The molecule has 19 heavy (non-hydrogen) atoms. The zero-order valence-corrected chi connectivity index (χ0v) is 10.4. The summed E-state index contributed by atoms with van der Waals surface area (Å²) in [5.41, 5.74) is 0. The van der Waals surface area contributed by atoms with Crippen LogP contribution in [0.5, 0.6) is 5.75 Å². The van der Waals surface area contributed by atoms with Crippen molar-refractivity contribution in [3.05, 3.63) is 47.5 Å². The first kappa shape index (κ1) is 13.2. The molecule has 0 aliphatic carbocycles. The number of hydrogen-bond acceptors (Lipinski definition) is 4. The molecule has 0 unspecified atom stereocenters. The van der Waals surface area contributed by atoms with E-state index >= 15 is 0 Å². The van der Waals surface area contributed by atoms with Crippen molar-refractivity contribution < 1.29 is 13.9 Å². The van der Waals surface area contributed by atoms with E-state index in [1.54, 1.807) is 6.07 Å². The lowest BCUT2D eigenvalue weighted by Crippen LogP contribution is -2.21. The van der Waals surface area contributed by atoms with Gasteiger partial charge in [0.15, 0.2) is 6.61 Å². The van der Waals surface area contributed by atoms with Crippen LogP contribution in [0.15, 0.2) is 36.7 Å². The van der Waals surface area contributed by atoms with E-state index in [2.05, 4.69) is 15.3 Å². The van der Waals surface area contributed by atoms with Crippen molar-refractivity contribution in [2.45, 2.75) is 0 Å². The Kier molecular flexibility index (Phi) is 4.25. The molecular formula is C12H9ClFN3O2. The Morgan fingerprint density at radius 1 is 1.37 bits per heavy atom. The smallest absolute Gasteiger partial charge is 0.264 e. The largest absolute Gasteiger partial charge is 0.482 e. The third-order valence-corrected chi connectivity index (χ3v) is 2.37. The van der Waals surface area contributed by atoms with Crippen LogP contribution in [-0.4, -0.2) is 22.5 Å². The van der Waals surface area contributed by atoms with Gasteiger partial charge in [-0.2, -0.15) is 0 Å². The molecule has 0 spiro atoms. The van der Waals surface area contributed by atoms with Crippen LogP contribution in [0.25, 0.3) is 0 Å². The number of nitrogens with zero attached hydrogens (tertiary/aromatic N) is 2. The summed E-state index contributed by atoms with van der Waals surface area (Å²) in [4.78, 5) is 19.2. The van der Waals surface area contributed by atoms with Gasteiger partial charge in [0.05, 0.1) is 5.02 Å². The van der Waals surface area contributed by atoms with Crippen molar-refractivity contribution in [3.63, 3.8) is 0 Å². The van der Waals surface area contributed by atoms with E-state index in [0.717, 1.165) is 6.07 Å². The second-order valence-electron chi connectivity index (χ2n) is 3.48. The maximum atomic E-state index is 12.8. The summed E-state index contributed by atoms with van der Waals surface area (Å²) in [6.07, 6.45) is 3.00. The van der Waals surface area contributed by atoms with Gasteiger partial charge in [-0.15, -0.1) is 0 Å². The topological polar surface area (TPSA) is 64.1 Å². The van der Waals surface area contributed by atoms with E-state index < -0.39 is 11.7 Å². The molecule has 2 rings (SSSR count). The van der Waals surface area contributed by atoms with Gasteiger partial charge < -0.3 is 4.74 Å². The summed E-state index contributed by atoms with van der Waals surface area (Å²) in [6, 6.07) is 5.28. The van der Waals surface area contributed by atoms with Crippen LogP contribution >= 0.6 is 11.6 Å². The van der Waals surface area contributed by atoms with E-state index in [-0.39, 0.29) is 23.3 Å². The van der Waals surface area contributed by atoms with Gasteiger partial charge in [0.1, 0.15) is 11.6 Å². The van der Waals surface area contributed by atoms with Crippen LogP contribution in [0, 0.1) is 5.82 Å². The number of anilines is 1. The lowest BCUT2D eigenvalue weighted by atomic mass is 10.3. The lowest BCUT2D eigenvalue weighted by Gasteiger charge is -2.07. The molecule has 0 atom stereocenters. The molecule has 1 amide bonds. The molecule has 0 fully saturated rings. The molecule has 1 N–H and O–H groups in total. The molecule has 1 aromatic heterocycles. The maximum absolute atomic E-state index is 12.8. The second-order valence-corrected chi connectivity index (χ2v) is 3.89. The van der Waals surface area contributed by atoms with Crippen molar-refractivity contribution in [1.29, 1.82) is 0 Å². The number of carbonyl (C=O) groups excluding carboxylic acids is 1. The Bertz CT molecular complexity index is 580. The molecule has 0 aliphatic rings. The average Bonchev–Trinajstić information content (AvgIpc) is 2.39. The second kappa shape index (κ2) is 6.10. The number of hydrogen-bond donors (Lipinski definition) is 1. The average molecular weight is 282 g/mol. The Labute approximate surface area is 113 Å². The number of benzene rings is 1. The summed E-state index contributed by atoms with van der Waals surface area (Å²) in [5, 5.41) is 2.54. The van der Waals surface area contributed by atoms with E-state index in [1.165, 1.54) is 24.5 Å². The lowest BCUT2D eigenvalue weighted by molar-refractivity contribution is -0.118. The molecule has 98 valence electrons. The molecule has 0 aliphatic heterocycles. The maximum Gasteiger partial charge on any atom is 0.264 e. The van der Waals surface area contributed by atoms with Crippen molar-refractivity contribution in [3.8, 4) is 5.75 Å². The van der Waals surface area contributed by atoms with Crippen LogP contribution in [0.1, 0.15) is 0 Å². The van der Waals surface area contributed by atoms with Crippen molar-refractivity contribution in [1.82, 2.24) is 9.97 Å². The highest BCUT2D eigenvalue weighted by molar-refractivity contribution is 6.32. The number of nitrogens with one attached hydrogen (secondary N) is 1. The molecule has 7 heteroatoms. The van der Waals surface area contributed by atoms with E-state index in [9.17, 15) is 9.18 Å². The highest BCUT2D eigenvalue weighted by Crippen LogP contribution is 2.24. The van der Waals surface area contributed by atoms with Crippen LogP contribution in [-0.2, 0) is 4.79 Å². The monoisotopic (exact) mass is 281 g/mol. The number of carbonyl (C=O) groups is 1. The van der Waals surface area contributed by atoms with Gasteiger partial charge in [0, 0.05) is 12.4 Å². The summed E-state index contributed by atoms with van der Waals surface area (Å²) >= 11 is 5.75. The highest BCUT2D eigenvalue weighted by Gasteiger charge is 2.08. The fourth-order valence-electron chi connectivity index (χ4n) is 1.26. The predicted octanol–water partition coefficient (Wildman–Crippen LogP) is 2.29. The van der Waals surface area contributed by atoms with E-state index in [1.807, 2.05) is 0 Å². The molecule has 0 saturated carbocycles. The molecule has 5 nitrogen and oxygen atoms in total. The van der Waals surface area contributed by atoms with Crippen LogP contribution in [0.4, 0.5) is 10.3 Å². The Balaban J connectivity index is 1.90. The summed E-state index contributed by atoms with van der Waals surface area (Å²) in [7, 11) is 0.